The second-order valence-corrected chi connectivity index (χ2v) is 11.8. The minimum Gasteiger partial charge on any atom is -0.358 e. The van der Waals surface area contributed by atoms with E-state index in [0.29, 0.717) is 4.75 Å². The zero-order valence-corrected chi connectivity index (χ0v) is 21.2. The summed E-state index contributed by atoms with van der Waals surface area (Å²) < 4.78 is 27.0. The monoisotopic (exact) mass is 482 g/mol. The van der Waals surface area contributed by atoms with Gasteiger partial charge in [0.2, 0.25) is 0 Å². The van der Waals surface area contributed by atoms with Crippen LogP contribution in [0.5, 0.6) is 0 Å². The van der Waals surface area contributed by atoms with Crippen molar-refractivity contribution in [2.45, 2.75) is 62.0 Å². The number of fused-ring (bicyclic) bond motifs is 2. The molecular weight excluding hydrogens is 446 g/mol. The van der Waals surface area contributed by atoms with Gasteiger partial charge in [-0.05, 0) is 99.2 Å². The molecule has 1 N–H and O–H groups in total. The summed E-state index contributed by atoms with van der Waals surface area (Å²) in [7, 11) is 0. The molecule has 1 spiro atoms. The maximum atomic E-state index is 13.3. The summed E-state index contributed by atoms with van der Waals surface area (Å²) in [5.41, 5.74) is 5.74. The molecule has 1 saturated carbocycles. The summed E-state index contributed by atoms with van der Waals surface area (Å²) in [4.78, 5) is 2.53. The van der Waals surface area contributed by atoms with Gasteiger partial charge in [-0.1, -0.05) is 43.8 Å². The highest BCUT2D eigenvalue weighted by atomic mass is 32.2. The molecule has 0 radical (unpaired) electrons. The number of piperidine rings is 1. The second-order valence-electron chi connectivity index (χ2n) is 10.6. The Labute approximate surface area is 207 Å². The van der Waals surface area contributed by atoms with E-state index in [0.717, 1.165) is 68.2 Å². The van der Waals surface area contributed by atoms with Crippen LogP contribution in [0.3, 0.4) is 0 Å². The Hall–Kier alpha value is -1.85. The summed E-state index contributed by atoms with van der Waals surface area (Å²) >= 11 is 2.01. The number of likely N-dealkylation sites (tertiary alicyclic amines) is 1. The summed E-state index contributed by atoms with van der Waals surface area (Å²) in [6.07, 6.45) is 6.50. The fraction of sp³-hybridized carbons (Fsp3) is 0.517. The van der Waals surface area contributed by atoms with E-state index < -0.39 is 6.43 Å². The summed E-state index contributed by atoms with van der Waals surface area (Å²) in [6.45, 7) is 9.66. The Morgan fingerprint density at radius 3 is 2.44 bits per heavy atom. The first kappa shape index (κ1) is 23.9. The first-order valence-electron chi connectivity index (χ1n) is 12.6. The number of anilines is 1. The van der Waals surface area contributed by atoms with E-state index in [2.05, 4.69) is 54.2 Å². The maximum absolute atomic E-state index is 13.3. The van der Waals surface area contributed by atoms with Crippen molar-refractivity contribution in [2.75, 3.05) is 31.2 Å². The number of halogens is 2. The number of hydrogen-bond donors (Lipinski definition) is 1. The van der Waals surface area contributed by atoms with Crippen molar-refractivity contribution in [1.82, 2.24) is 4.90 Å². The minimum absolute atomic E-state index is 0.110. The van der Waals surface area contributed by atoms with Crippen LogP contribution < -0.4 is 5.32 Å². The van der Waals surface area contributed by atoms with Crippen LogP contribution in [-0.2, 0) is 16.6 Å². The maximum Gasteiger partial charge on any atom is 0.263 e. The standard InChI is InChI=1S/C29H36F2N2S/c1-20-18-29(19-20,34-3)24-9-6-22(7-10-24)5-4-14-33-15-12-28(13-16-33)21(2)32-26-11-8-23(27(30)31)17-25(26)28/h6-11,17,20,27,32H,2,4-5,12-16,18-19H2,1,3H3. The number of thioether (sulfide) groups is 1. The number of aryl methyl sites for hydroxylation is 1. The molecule has 0 unspecified atom stereocenters. The Bertz CT molecular complexity index is 1030. The molecule has 2 aliphatic heterocycles. The first-order valence-corrected chi connectivity index (χ1v) is 13.8. The molecule has 182 valence electrons. The van der Waals surface area contributed by atoms with Crippen molar-refractivity contribution in [3.63, 3.8) is 0 Å². The third-order valence-corrected chi connectivity index (χ3v) is 9.90. The number of alkyl halides is 2. The van der Waals surface area contributed by atoms with Crippen LogP contribution in [0.1, 0.15) is 67.7 Å². The lowest BCUT2D eigenvalue weighted by Crippen LogP contribution is -2.43. The molecule has 34 heavy (non-hydrogen) atoms. The van der Waals surface area contributed by atoms with E-state index in [1.54, 1.807) is 12.1 Å². The van der Waals surface area contributed by atoms with Crippen LogP contribution in [0.15, 0.2) is 54.7 Å². The number of rotatable bonds is 7. The molecule has 0 amide bonds. The Balaban J connectivity index is 1.15. The van der Waals surface area contributed by atoms with Crippen LogP contribution in [0.2, 0.25) is 0 Å². The normalized spacial score (nSPS) is 25.9. The lowest BCUT2D eigenvalue weighted by atomic mass is 9.71. The molecule has 2 aromatic carbocycles. The van der Waals surface area contributed by atoms with Gasteiger partial charge in [0.25, 0.3) is 6.43 Å². The third-order valence-electron chi connectivity index (χ3n) is 8.55. The zero-order valence-electron chi connectivity index (χ0n) is 20.4. The van der Waals surface area contributed by atoms with Crippen LogP contribution >= 0.6 is 11.8 Å². The second kappa shape index (κ2) is 9.31. The SMILES string of the molecule is C=C1Nc2ccc(C(F)F)cc2C12CCN(CCCc1ccc(C3(SC)CC(C)C3)cc1)CC2. The Kier molecular flexibility index (Phi) is 6.54. The molecular formula is C29H36F2N2S. The van der Waals surface area contributed by atoms with Crippen molar-refractivity contribution in [1.29, 1.82) is 0 Å². The third kappa shape index (κ3) is 4.19. The van der Waals surface area contributed by atoms with Gasteiger partial charge in [0.05, 0.1) is 0 Å². The summed E-state index contributed by atoms with van der Waals surface area (Å²) in [5.74, 6) is 0.841. The molecule has 5 rings (SSSR count). The molecule has 1 saturated heterocycles. The van der Waals surface area contributed by atoms with E-state index >= 15 is 0 Å². The Morgan fingerprint density at radius 2 is 1.82 bits per heavy atom. The highest BCUT2D eigenvalue weighted by Gasteiger charge is 2.45. The van der Waals surface area contributed by atoms with Crippen LogP contribution in [0.4, 0.5) is 14.5 Å². The highest BCUT2D eigenvalue weighted by Crippen LogP contribution is 2.54. The predicted octanol–water partition coefficient (Wildman–Crippen LogP) is 7.52. The van der Waals surface area contributed by atoms with Crippen molar-refractivity contribution < 1.29 is 8.78 Å². The van der Waals surface area contributed by atoms with Crippen LogP contribution in [0, 0.1) is 5.92 Å². The lowest BCUT2D eigenvalue weighted by molar-refractivity contribution is 0.150. The lowest BCUT2D eigenvalue weighted by Gasteiger charge is -2.46. The topological polar surface area (TPSA) is 15.3 Å². The molecule has 0 bridgehead atoms. The van der Waals surface area contributed by atoms with Crippen molar-refractivity contribution >= 4 is 17.4 Å². The Morgan fingerprint density at radius 1 is 1.12 bits per heavy atom. The molecule has 2 fully saturated rings. The van der Waals surface area contributed by atoms with Gasteiger partial charge in [0.15, 0.2) is 0 Å². The molecule has 2 aromatic rings. The largest absolute Gasteiger partial charge is 0.358 e. The van der Waals surface area contributed by atoms with Gasteiger partial charge in [0, 0.05) is 27.1 Å². The molecule has 2 heterocycles. The average Bonchev–Trinajstić information content (AvgIpc) is 3.09. The number of benzene rings is 2. The number of nitrogens with one attached hydrogen (secondary N) is 1. The number of allylic oxidation sites excluding steroid dienone is 1. The predicted molar refractivity (Wildman–Crippen MR) is 140 cm³/mol. The highest BCUT2D eigenvalue weighted by molar-refractivity contribution is 7.99. The van der Waals surface area contributed by atoms with Gasteiger partial charge in [-0.2, -0.15) is 11.8 Å². The average molecular weight is 483 g/mol. The van der Waals surface area contributed by atoms with Gasteiger partial charge in [-0.3, -0.25) is 0 Å². The fourth-order valence-electron chi connectivity index (χ4n) is 6.44. The molecule has 3 aliphatic rings. The van der Waals surface area contributed by atoms with Gasteiger partial charge in [-0.25, -0.2) is 8.78 Å². The number of hydrogen-bond acceptors (Lipinski definition) is 3. The minimum atomic E-state index is -2.44. The van der Waals surface area contributed by atoms with Gasteiger partial charge in [0.1, 0.15) is 0 Å². The van der Waals surface area contributed by atoms with Crippen LogP contribution in [-0.4, -0.2) is 30.8 Å². The van der Waals surface area contributed by atoms with Gasteiger partial charge < -0.3 is 10.2 Å². The van der Waals surface area contributed by atoms with Crippen molar-refractivity contribution in [3.05, 3.63) is 77.0 Å². The zero-order chi connectivity index (χ0) is 23.9. The molecule has 0 atom stereocenters. The molecule has 1 aliphatic carbocycles. The van der Waals surface area contributed by atoms with Gasteiger partial charge >= 0.3 is 0 Å². The number of nitrogens with zero attached hydrogens (tertiary/aromatic N) is 1. The van der Waals surface area contributed by atoms with E-state index in [-0.39, 0.29) is 11.0 Å². The van der Waals surface area contributed by atoms with E-state index in [1.807, 2.05) is 11.8 Å². The van der Waals surface area contributed by atoms with Crippen molar-refractivity contribution in [2.24, 2.45) is 5.92 Å². The van der Waals surface area contributed by atoms with E-state index in [9.17, 15) is 8.78 Å². The van der Waals surface area contributed by atoms with Gasteiger partial charge in [-0.15, -0.1) is 0 Å². The molecule has 5 heteroatoms. The van der Waals surface area contributed by atoms with Crippen LogP contribution in [0.25, 0.3) is 0 Å². The summed E-state index contributed by atoms with van der Waals surface area (Å²) in [6, 6.07) is 14.4. The van der Waals surface area contributed by atoms with E-state index in [1.165, 1.54) is 30.0 Å². The summed E-state index contributed by atoms with van der Waals surface area (Å²) in [5, 5.41) is 3.37. The smallest absolute Gasteiger partial charge is 0.263 e. The fourth-order valence-corrected chi connectivity index (χ4v) is 7.72. The molecule has 0 aromatic heterocycles. The van der Waals surface area contributed by atoms with Crippen molar-refractivity contribution in [3.8, 4) is 0 Å². The quantitative estimate of drug-likeness (QED) is 0.439. The first-order chi connectivity index (χ1) is 16.3. The van der Waals surface area contributed by atoms with E-state index in [4.69, 9.17) is 0 Å². The molecule has 2 nitrogen and oxygen atoms in total.